The van der Waals surface area contributed by atoms with Crippen molar-refractivity contribution in [1.29, 1.82) is 0 Å². The van der Waals surface area contributed by atoms with Crippen molar-refractivity contribution < 1.29 is 19.3 Å². The molecule has 0 bridgehead atoms. The molecule has 0 radical (unpaired) electrons. The number of aliphatic imine (C=N–C) groups is 1. The summed E-state index contributed by atoms with van der Waals surface area (Å²) in [5.41, 5.74) is 1.33. The molecule has 38 heavy (non-hydrogen) atoms. The Hall–Kier alpha value is -3.02. The fourth-order valence-electron chi connectivity index (χ4n) is 4.36. The molecule has 12 heteroatoms. The molecule has 3 aromatic heterocycles. The van der Waals surface area contributed by atoms with Crippen LogP contribution in [-0.2, 0) is 9.47 Å². The van der Waals surface area contributed by atoms with Crippen molar-refractivity contribution in [1.82, 2.24) is 24.4 Å². The second-order valence-corrected chi connectivity index (χ2v) is 10.6. The molecule has 4 aromatic rings. The molecule has 1 N–H and O–H groups in total. The van der Waals surface area contributed by atoms with E-state index in [2.05, 4.69) is 19.9 Å². The van der Waals surface area contributed by atoms with Crippen molar-refractivity contribution in [3.05, 3.63) is 53.0 Å². The molecule has 1 aromatic carbocycles. The zero-order chi connectivity index (χ0) is 27.0. The molecule has 0 spiro atoms. The van der Waals surface area contributed by atoms with Gasteiger partial charge in [0.2, 0.25) is 5.28 Å². The van der Waals surface area contributed by atoms with E-state index in [1.165, 1.54) is 0 Å². The minimum atomic E-state index is -1.37. The molecular formula is C26H28Cl2N6O4. The summed E-state index contributed by atoms with van der Waals surface area (Å²) in [5.74, 6) is -0.269. The summed E-state index contributed by atoms with van der Waals surface area (Å²) < 4.78 is 20.3. The Morgan fingerprint density at radius 2 is 2.05 bits per heavy atom. The van der Waals surface area contributed by atoms with E-state index in [9.17, 15) is 5.11 Å². The second-order valence-electron chi connectivity index (χ2n) is 9.79. The van der Waals surface area contributed by atoms with E-state index < -0.39 is 18.1 Å². The van der Waals surface area contributed by atoms with Crippen LogP contribution in [0.3, 0.4) is 0 Å². The van der Waals surface area contributed by atoms with Gasteiger partial charge in [-0.05, 0) is 49.7 Å². The van der Waals surface area contributed by atoms with Crippen LogP contribution < -0.4 is 4.74 Å². The number of aliphatic hydroxyl groups is 1. The highest BCUT2D eigenvalue weighted by molar-refractivity contribution is 6.31. The maximum atomic E-state index is 10.4. The van der Waals surface area contributed by atoms with E-state index in [4.69, 9.17) is 37.4 Å². The van der Waals surface area contributed by atoms with Gasteiger partial charge in [-0.15, -0.1) is 0 Å². The largest absolute Gasteiger partial charge is 0.491 e. The standard InChI is InChI=1S/C26H28Cl2N6O4/c1-26(2,35)38-21-11-18(13-36-17-6-5-15-9-16(27)12-29-20(15)10-17)37-24(21)34-8-7-19-22(30-14-33(3)4)31-25(28)32-23(19)34/h5-10,12,14,18,21,24,35H,11,13H2,1-4H3/t18-,21+,24+/m0/s1. The first-order valence-corrected chi connectivity index (χ1v) is 12.8. The van der Waals surface area contributed by atoms with Gasteiger partial charge in [0, 0.05) is 44.4 Å². The lowest BCUT2D eigenvalue weighted by Crippen LogP contribution is -2.33. The predicted octanol–water partition coefficient (Wildman–Crippen LogP) is 4.99. The monoisotopic (exact) mass is 558 g/mol. The van der Waals surface area contributed by atoms with Crippen LogP contribution in [0.5, 0.6) is 5.75 Å². The first kappa shape index (κ1) is 26.6. The van der Waals surface area contributed by atoms with Gasteiger partial charge in [0.15, 0.2) is 17.8 Å². The van der Waals surface area contributed by atoms with E-state index in [-0.39, 0.29) is 18.0 Å². The molecule has 3 atom stereocenters. The summed E-state index contributed by atoms with van der Waals surface area (Å²) >= 11 is 12.3. The molecule has 0 aliphatic carbocycles. The predicted molar refractivity (Wildman–Crippen MR) is 146 cm³/mol. The lowest BCUT2D eigenvalue weighted by atomic mass is 10.2. The minimum absolute atomic E-state index is 0.0624. The van der Waals surface area contributed by atoms with E-state index >= 15 is 0 Å². The first-order valence-electron chi connectivity index (χ1n) is 12.0. The van der Waals surface area contributed by atoms with Gasteiger partial charge in [0.1, 0.15) is 24.1 Å². The van der Waals surface area contributed by atoms with Crippen molar-refractivity contribution >= 4 is 57.3 Å². The third kappa shape index (κ3) is 6.00. The molecule has 0 saturated carbocycles. The van der Waals surface area contributed by atoms with E-state index in [0.717, 1.165) is 10.9 Å². The van der Waals surface area contributed by atoms with E-state index in [0.29, 0.717) is 34.0 Å². The number of benzene rings is 1. The number of nitrogens with zero attached hydrogens (tertiary/aromatic N) is 6. The van der Waals surface area contributed by atoms with Gasteiger partial charge < -0.3 is 28.8 Å². The van der Waals surface area contributed by atoms with Gasteiger partial charge in [-0.3, -0.25) is 4.98 Å². The molecule has 0 amide bonds. The maximum absolute atomic E-state index is 10.4. The topological polar surface area (TPSA) is 107 Å². The van der Waals surface area contributed by atoms with Gasteiger partial charge in [0.05, 0.1) is 28.4 Å². The number of ether oxygens (including phenoxy) is 3. The van der Waals surface area contributed by atoms with Crippen LogP contribution in [0.1, 0.15) is 26.5 Å². The number of hydrogen-bond donors (Lipinski definition) is 1. The van der Waals surface area contributed by atoms with Gasteiger partial charge >= 0.3 is 0 Å². The fourth-order valence-corrected chi connectivity index (χ4v) is 4.69. The SMILES string of the molecule is CN(C)C=Nc1nc(Cl)nc2c1ccn2[C@@H]1O[C@H](COc2ccc3cc(Cl)cnc3c2)C[C@H]1OC(C)(C)O. The third-order valence-electron chi connectivity index (χ3n) is 5.85. The summed E-state index contributed by atoms with van der Waals surface area (Å²) in [6.07, 6.45) is 4.17. The smallest absolute Gasteiger partial charge is 0.226 e. The highest BCUT2D eigenvalue weighted by Gasteiger charge is 2.41. The molecule has 1 saturated heterocycles. The van der Waals surface area contributed by atoms with Crippen molar-refractivity contribution in [2.45, 2.75) is 44.5 Å². The molecule has 1 aliphatic rings. The van der Waals surface area contributed by atoms with Crippen LogP contribution in [0.25, 0.3) is 21.9 Å². The molecule has 4 heterocycles. The Balaban J connectivity index is 1.39. The van der Waals surface area contributed by atoms with Gasteiger partial charge in [-0.1, -0.05) is 11.6 Å². The highest BCUT2D eigenvalue weighted by atomic mass is 35.5. The molecule has 10 nitrogen and oxygen atoms in total. The number of pyridine rings is 1. The van der Waals surface area contributed by atoms with Gasteiger partial charge in [0.25, 0.3) is 0 Å². The minimum Gasteiger partial charge on any atom is -0.491 e. The molecule has 1 fully saturated rings. The summed E-state index contributed by atoms with van der Waals surface area (Å²) in [6, 6.07) is 9.35. The Morgan fingerprint density at radius 1 is 1.24 bits per heavy atom. The summed E-state index contributed by atoms with van der Waals surface area (Å²) in [5, 5.41) is 12.7. The lowest BCUT2D eigenvalue weighted by molar-refractivity contribution is -0.222. The summed E-state index contributed by atoms with van der Waals surface area (Å²) in [7, 11) is 3.73. The number of halogens is 2. The van der Waals surface area contributed by atoms with Crippen LogP contribution in [0.2, 0.25) is 10.3 Å². The average Bonchev–Trinajstić information content (AvgIpc) is 3.43. The van der Waals surface area contributed by atoms with Gasteiger partial charge in [-0.25, -0.2) is 4.99 Å². The molecule has 1 aliphatic heterocycles. The van der Waals surface area contributed by atoms with Crippen molar-refractivity contribution in [2.24, 2.45) is 4.99 Å². The van der Waals surface area contributed by atoms with Crippen LogP contribution in [0, 0.1) is 0 Å². The average molecular weight is 559 g/mol. The molecule has 5 rings (SSSR count). The summed E-state index contributed by atoms with van der Waals surface area (Å²) in [4.78, 5) is 19.3. The van der Waals surface area contributed by atoms with Crippen LogP contribution in [0.15, 0.2) is 47.7 Å². The van der Waals surface area contributed by atoms with Crippen molar-refractivity contribution in [3.63, 3.8) is 0 Å². The van der Waals surface area contributed by atoms with Crippen LogP contribution >= 0.6 is 23.2 Å². The number of hydrogen-bond acceptors (Lipinski definition) is 8. The zero-order valence-electron chi connectivity index (χ0n) is 21.4. The Bertz CT molecular complexity index is 1490. The third-order valence-corrected chi connectivity index (χ3v) is 6.23. The normalized spacial score (nSPS) is 20.1. The molecule has 200 valence electrons. The van der Waals surface area contributed by atoms with E-state index in [1.54, 1.807) is 31.3 Å². The zero-order valence-corrected chi connectivity index (χ0v) is 22.9. The van der Waals surface area contributed by atoms with Crippen LogP contribution in [0.4, 0.5) is 5.82 Å². The molecular weight excluding hydrogens is 531 g/mol. The fraction of sp³-hybridized carbons (Fsp3) is 0.385. The Kier molecular flexibility index (Phi) is 7.43. The lowest BCUT2D eigenvalue weighted by Gasteiger charge is -2.27. The Labute approximate surface area is 229 Å². The Morgan fingerprint density at radius 3 is 2.82 bits per heavy atom. The van der Waals surface area contributed by atoms with Crippen LogP contribution in [-0.4, -0.2) is 74.6 Å². The van der Waals surface area contributed by atoms with E-state index in [1.807, 2.05) is 55.2 Å². The maximum Gasteiger partial charge on any atom is 0.226 e. The van der Waals surface area contributed by atoms with Gasteiger partial charge in [-0.2, -0.15) is 9.97 Å². The first-order chi connectivity index (χ1) is 18.1. The van der Waals surface area contributed by atoms with Crippen molar-refractivity contribution in [3.8, 4) is 5.75 Å². The summed E-state index contributed by atoms with van der Waals surface area (Å²) in [6.45, 7) is 3.45. The quantitative estimate of drug-likeness (QED) is 0.139. The number of fused-ring (bicyclic) bond motifs is 2. The number of aromatic nitrogens is 4. The highest BCUT2D eigenvalue weighted by Crippen LogP contribution is 2.37. The number of rotatable bonds is 8. The molecule has 0 unspecified atom stereocenters. The van der Waals surface area contributed by atoms with Crippen molar-refractivity contribution in [2.75, 3.05) is 20.7 Å². The second kappa shape index (κ2) is 10.6.